The Bertz CT molecular complexity index is 1470. The van der Waals surface area contributed by atoms with E-state index in [0.717, 1.165) is 46.8 Å². The van der Waals surface area contributed by atoms with Crippen molar-refractivity contribution in [1.82, 2.24) is 29.7 Å². The number of aromatic amines is 1. The fraction of sp³-hybridized carbons (Fsp3) is 0.630. The first-order valence-electron chi connectivity index (χ1n) is 13.8. The van der Waals surface area contributed by atoms with Crippen molar-refractivity contribution in [3.63, 3.8) is 0 Å². The Morgan fingerprint density at radius 2 is 2.03 bits per heavy atom. The zero-order chi connectivity index (χ0) is 27.1. The fourth-order valence-corrected chi connectivity index (χ4v) is 7.51. The van der Waals surface area contributed by atoms with Gasteiger partial charge in [-0.25, -0.2) is 19.7 Å². The highest BCUT2D eigenvalue weighted by molar-refractivity contribution is 14.1. The lowest BCUT2D eigenvalue weighted by molar-refractivity contribution is -0.0922. The number of methoxy groups -OCH3 is 1. The van der Waals surface area contributed by atoms with Gasteiger partial charge in [-0.15, -0.1) is 0 Å². The molecule has 3 aromatic heterocycles. The van der Waals surface area contributed by atoms with Crippen LogP contribution in [0, 0.1) is 11.8 Å². The van der Waals surface area contributed by atoms with Gasteiger partial charge in [0, 0.05) is 40.9 Å². The van der Waals surface area contributed by atoms with Gasteiger partial charge in [0.25, 0.3) is 0 Å². The van der Waals surface area contributed by atoms with Crippen LogP contribution in [-0.4, -0.2) is 46.9 Å². The summed E-state index contributed by atoms with van der Waals surface area (Å²) in [5.41, 5.74) is 1.69. The standard InChI is InChI=1S/C27H33ClIN7O3/c1-15-5-3-4-10-27(15,38-2)25-33-22-21(36(25)14-16-6-8-19(29)9-7-16)20(17-11-18(28)13-30-12-17)31-23(32-22)24-34-26(37)39-35-24/h12-13,15-17,19H,3-11,14H2,1-2H3,(H,34,35,37). The van der Waals surface area contributed by atoms with Crippen LogP contribution in [-0.2, 0) is 16.9 Å². The lowest BCUT2D eigenvalue weighted by atomic mass is 9.75. The average Bonchev–Trinajstić information content (AvgIpc) is 3.54. The summed E-state index contributed by atoms with van der Waals surface area (Å²) in [6, 6.07) is 0. The topological polar surface area (TPSA) is 124 Å². The van der Waals surface area contributed by atoms with Crippen LogP contribution >= 0.6 is 34.2 Å². The molecule has 208 valence electrons. The fourth-order valence-electron chi connectivity index (χ4n) is 6.57. The highest BCUT2D eigenvalue weighted by Gasteiger charge is 2.45. The molecule has 0 bridgehead atoms. The van der Waals surface area contributed by atoms with E-state index < -0.39 is 11.4 Å². The molecule has 1 N–H and O–H groups in total. The Labute approximate surface area is 245 Å². The Balaban J connectivity index is 1.59. The molecular formula is C27H33ClIN7O3. The van der Waals surface area contributed by atoms with Crippen molar-refractivity contribution in [3.05, 3.63) is 33.3 Å². The molecule has 3 aliphatic rings. The summed E-state index contributed by atoms with van der Waals surface area (Å²) in [6.07, 6.45) is 13.2. The van der Waals surface area contributed by atoms with Gasteiger partial charge in [0.05, 0.1) is 5.69 Å². The van der Waals surface area contributed by atoms with E-state index in [1.807, 2.05) is 13.3 Å². The number of hydrogen-bond donors (Lipinski definition) is 1. The third kappa shape index (κ3) is 5.10. The van der Waals surface area contributed by atoms with E-state index in [1.165, 1.54) is 32.1 Å². The maximum atomic E-state index is 11.8. The second-order valence-corrected chi connectivity index (χ2v) is 13.4. The van der Waals surface area contributed by atoms with Gasteiger partial charge in [-0.3, -0.25) is 14.5 Å². The van der Waals surface area contributed by atoms with Gasteiger partial charge in [0.1, 0.15) is 16.9 Å². The Morgan fingerprint density at radius 3 is 2.72 bits per heavy atom. The Hall–Kier alpha value is -2.12. The summed E-state index contributed by atoms with van der Waals surface area (Å²) < 4.78 is 14.3. The normalized spacial score (nSPS) is 29.6. The third-order valence-electron chi connectivity index (χ3n) is 8.72. The van der Waals surface area contributed by atoms with Crippen molar-refractivity contribution in [2.75, 3.05) is 7.11 Å². The van der Waals surface area contributed by atoms with Crippen LogP contribution in [0.1, 0.15) is 82.1 Å². The minimum atomic E-state index is -0.660. The van der Waals surface area contributed by atoms with Crippen LogP contribution in [0.2, 0.25) is 0 Å². The van der Waals surface area contributed by atoms with E-state index in [-0.39, 0.29) is 17.6 Å². The molecule has 2 saturated carbocycles. The zero-order valence-corrected chi connectivity index (χ0v) is 25.1. The van der Waals surface area contributed by atoms with E-state index in [1.54, 1.807) is 6.20 Å². The predicted octanol–water partition coefficient (Wildman–Crippen LogP) is 5.85. The van der Waals surface area contributed by atoms with Gasteiger partial charge in [-0.05, 0) is 56.8 Å². The van der Waals surface area contributed by atoms with E-state index in [4.69, 9.17) is 35.8 Å². The number of halogens is 2. The molecule has 3 aromatic rings. The van der Waals surface area contributed by atoms with Crippen LogP contribution in [0.3, 0.4) is 0 Å². The van der Waals surface area contributed by atoms with Crippen LogP contribution in [0.15, 0.2) is 25.5 Å². The highest BCUT2D eigenvalue weighted by Crippen LogP contribution is 2.46. The van der Waals surface area contributed by atoms with Crippen molar-refractivity contribution in [2.24, 2.45) is 16.8 Å². The number of aromatic nitrogens is 6. The molecular weight excluding hydrogens is 633 g/mol. The van der Waals surface area contributed by atoms with Gasteiger partial charge in [0.2, 0.25) is 11.6 Å². The number of aliphatic imine (C=N–C) groups is 1. The molecule has 10 nitrogen and oxygen atoms in total. The zero-order valence-electron chi connectivity index (χ0n) is 22.2. The minimum absolute atomic E-state index is 0.168. The van der Waals surface area contributed by atoms with Crippen LogP contribution in [0.25, 0.3) is 22.8 Å². The number of fused-ring (bicyclic) bond motifs is 1. The number of rotatable bonds is 6. The number of H-pyrrole nitrogens is 1. The second kappa shape index (κ2) is 11.0. The van der Waals surface area contributed by atoms with Gasteiger partial charge < -0.3 is 9.30 Å². The summed E-state index contributed by atoms with van der Waals surface area (Å²) in [5.74, 6) is 1.33. The molecule has 6 rings (SSSR count). The first kappa shape index (κ1) is 27.1. The van der Waals surface area contributed by atoms with E-state index in [2.05, 4.69) is 49.2 Å². The van der Waals surface area contributed by atoms with E-state index in [9.17, 15) is 4.79 Å². The molecule has 3 unspecified atom stereocenters. The minimum Gasteiger partial charge on any atom is -0.370 e. The third-order valence-corrected chi connectivity index (χ3v) is 10.2. The van der Waals surface area contributed by atoms with Crippen molar-refractivity contribution < 1.29 is 9.26 Å². The monoisotopic (exact) mass is 665 g/mol. The summed E-state index contributed by atoms with van der Waals surface area (Å²) in [7, 11) is 1.81. The Kier molecular flexibility index (Phi) is 7.66. The molecule has 0 spiro atoms. The molecule has 2 fully saturated rings. The number of alkyl halides is 1. The van der Waals surface area contributed by atoms with Gasteiger partial charge >= 0.3 is 5.76 Å². The maximum Gasteiger partial charge on any atom is 0.439 e. The molecule has 0 radical (unpaired) electrons. The second-order valence-electron chi connectivity index (χ2n) is 11.1. The molecule has 0 amide bonds. The summed E-state index contributed by atoms with van der Waals surface area (Å²) in [4.78, 5) is 33.7. The number of hydrogen-bond acceptors (Lipinski definition) is 8. The van der Waals surface area contributed by atoms with Crippen molar-refractivity contribution in [3.8, 4) is 11.6 Å². The lowest BCUT2D eigenvalue weighted by Crippen LogP contribution is -2.41. The van der Waals surface area contributed by atoms with Crippen LogP contribution in [0.5, 0.6) is 0 Å². The summed E-state index contributed by atoms with van der Waals surface area (Å²) in [5, 5.41) is 4.52. The largest absolute Gasteiger partial charge is 0.439 e. The first-order chi connectivity index (χ1) is 18.9. The number of ether oxygens (including phenoxy) is 1. The van der Waals surface area contributed by atoms with E-state index >= 15 is 0 Å². The lowest BCUT2D eigenvalue weighted by Gasteiger charge is -2.41. The first-order valence-corrected chi connectivity index (χ1v) is 15.4. The summed E-state index contributed by atoms with van der Waals surface area (Å²) in [6.45, 7) is 3.10. The quantitative estimate of drug-likeness (QED) is 0.259. The van der Waals surface area contributed by atoms with Gasteiger partial charge in [-0.1, -0.05) is 59.1 Å². The van der Waals surface area contributed by atoms with Crippen molar-refractivity contribution >= 4 is 51.6 Å². The molecule has 1 aliphatic heterocycles. The Morgan fingerprint density at radius 1 is 1.21 bits per heavy atom. The number of imidazole rings is 1. The molecule has 2 aliphatic carbocycles. The molecule has 3 atom stereocenters. The number of nitrogens with one attached hydrogen (secondary N) is 1. The summed E-state index contributed by atoms with van der Waals surface area (Å²) >= 11 is 9.04. The van der Waals surface area contributed by atoms with Crippen molar-refractivity contribution in [1.29, 1.82) is 0 Å². The van der Waals surface area contributed by atoms with Gasteiger partial charge in [-0.2, -0.15) is 0 Å². The van der Waals surface area contributed by atoms with Crippen molar-refractivity contribution in [2.45, 2.75) is 86.7 Å². The SMILES string of the molecule is COC1(c2nc3nc(-c4noc(=O)[nH]4)nc(C4C=NC=C(Cl)C4)c3n2CC2CCC(I)CC2)CCCCC1C. The van der Waals surface area contributed by atoms with Gasteiger partial charge in [0.15, 0.2) is 5.65 Å². The molecule has 0 aromatic carbocycles. The average molecular weight is 666 g/mol. The molecule has 39 heavy (non-hydrogen) atoms. The molecule has 12 heteroatoms. The number of allylic oxidation sites excluding steroid dienone is 1. The highest BCUT2D eigenvalue weighted by atomic mass is 127. The van der Waals surface area contributed by atoms with Crippen LogP contribution in [0.4, 0.5) is 0 Å². The predicted molar refractivity (Wildman–Crippen MR) is 157 cm³/mol. The van der Waals surface area contributed by atoms with Crippen LogP contribution < -0.4 is 5.76 Å². The maximum absolute atomic E-state index is 11.8. The molecule has 4 heterocycles. The number of nitrogens with zero attached hydrogens (tertiary/aromatic N) is 6. The van der Waals surface area contributed by atoms with E-state index in [0.29, 0.717) is 28.9 Å². The molecule has 0 saturated heterocycles. The smallest absolute Gasteiger partial charge is 0.370 e.